The van der Waals surface area contributed by atoms with Crippen molar-refractivity contribution in [1.29, 1.82) is 0 Å². The summed E-state index contributed by atoms with van der Waals surface area (Å²) in [5, 5.41) is 18.3. The first-order valence-electron chi connectivity index (χ1n) is 17.7. The lowest BCUT2D eigenvalue weighted by atomic mass is 10.2. The highest BCUT2D eigenvalue weighted by Crippen LogP contribution is 2.23. The molecule has 0 aliphatic rings. The standard InChI is InChI=1S/C16H18O2S.C14H14O2S.C8H9ClO.C8H10OS/c1-17-15-7-3-13(4-8-15)11-19-12-14-5-9-16(18-2)10-6-14;15-13-5-1-11(2-6-13)9-17-10-12-3-7-14(16)8-4-12;1-10-8-4-2-7(6-9)3-5-8;1-9-8-4-2-7(6-10)3-5-8/h3-10H,11-12H2,1-2H3;1-8,15-16H,9-10H2;2-5H,6H2,1H3;2-5,10H,6H2,1H3. The second kappa shape index (κ2) is 27.1. The van der Waals surface area contributed by atoms with Crippen LogP contribution < -0.4 is 18.9 Å². The van der Waals surface area contributed by atoms with E-state index in [1.54, 1.807) is 52.7 Å². The monoisotopic (exact) mass is 830 g/mol. The molecule has 6 aromatic carbocycles. The van der Waals surface area contributed by atoms with Gasteiger partial charge in [-0.1, -0.05) is 72.8 Å². The average molecular weight is 832 g/mol. The molecule has 296 valence electrons. The van der Waals surface area contributed by atoms with Gasteiger partial charge in [0.25, 0.3) is 0 Å². The fraction of sp³-hybridized carbons (Fsp3) is 0.217. The van der Waals surface area contributed by atoms with Gasteiger partial charge in [0.15, 0.2) is 0 Å². The number of thioether (sulfide) groups is 2. The molecule has 6 nitrogen and oxygen atoms in total. The summed E-state index contributed by atoms with van der Waals surface area (Å²) in [6.07, 6.45) is 0. The van der Waals surface area contributed by atoms with E-state index in [0.717, 1.165) is 57.3 Å². The first kappa shape index (κ1) is 45.8. The van der Waals surface area contributed by atoms with Crippen LogP contribution in [0.2, 0.25) is 0 Å². The van der Waals surface area contributed by atoms with Gasteiger partial charge in [-0.2, -0.15) is 36.2 Å². The van der Waals surface area contributed by atoms with Crippen LogP contribution in [-0.2, 0) is 34.6 Å². The van der Waals surface area contributed by atoms with Gasteiger partial charge in [-0.25, -0.2) is 0 Å². The summed E-state index contributed by atoms with van der Waals surface area (Å²) in [7, 11) is 6.69. The zero-order valence-electron chi connectivity index (χ0n) is 32.3. The number of ether oxygens (including phenoxy) is 4. The fourth-order valence-electron chi connectivity index (χ4n) is 4.65. The molecule has 0 saturated heterocycles. The van der Waals surface area contributed by atoms with Gasteiger partial charge in [-0.05, 0) is 106 Å². The van der Waals surface area contributed by atoms with Gasteiger partial charge in [0.05, 0.1) is 28.4 Å². The highest BCUT2D eigenvalue weighted by Gasteiger charge is 1.99. The molecule has 0 aromatic heterocycles. The lowest BCUT2D eigenvalue weighted by Crippen LogP contribution is -1.86. The van der Waals surface area contributed by atoms with Crippen molar-refractivity contribution in [3.05, 3.63) is 179 Å². The van der Waals surface area contributed by atoms with Crippen molar-refractivity contribution in [2.24, 2.45) is 0 Å². The Labute approximate surface area is 351 Å². The Hall–Kier alpha value is -4.54. The molecule has 10 heteroatoms. The molecular formula is C46H51ClO6S3. The van der Waals surface area contributed by atoms with E-state index in [2.05, 4.69) is 36.9 Å². The van der Waals surface area contributed by atoms with Crippen molar-refractivity contribution in [3.8, 4) is 34.5 Å². The number of halogens is 1. The third-order valence-corrected chi connectivity index (χ3v) is 10.7. The molecule has 0 bridgehead atoms. The van der Waals surface area contributed by atoms with Crippen molar-refractivity contribution in [1.82, 2.24) is 0 Å². The summed E-state index contributed by atoms with van der Waals surface area (Å²) < 4.78 is 20.3. The predicted octanol–water partition coefficient (Wildman–Crippen LogP) is 12.2. The third-order valence-electron chi connectivity index (χ3n) is 7.92. The topological polar surface area (TPSA) is 77.4 Å². The number of rotatable bonds is 14. The van der Waals surface area contributed by atoms with Crippen LogP contribution in [-0.4, -0.2) is 38.7 Å². The molecule has 2 N–H and O–H groups in total. The second-order valence-electron chi connectivity index (χ2n) is 12.0. The van der Waals surface area contributed by atoms with Crippen LogP contribution in [0.15, 0.2) is 146 Å². The van der Waals surface area contributed by atoms with Crippen LogP contribution in [0.5, 0.6) is 34.5 Å². The highest BCUT2D eigenvalue weighted by molar-refractivity contribution is 7.97. The number of benzene rings is 6. The first-order valence-corrected chi connectivity index (χ1v) is 21.2. The Morgan fingerprint density at radius 2 is 0.625 bits per heavy atom. The largest absolute Gasteiger partial charge is 0.508 e. The number of alkyl halides is 1. The van der Waals surface area contributed by atoms with E-state index in [9.17, 15) is 0 Å². The van der Waals surface area contributed by atoms with Gasteiger partial charge in [0.2, 0.25) is 0 Å². The van der Waals surface area contributed by atoms with Gasteiger partial charge in [0.1, 0.15) is 34.5 Å². The predicted molar refractivity (Wildman–Crippen MR) is 240 cm³/mol. The van der Waals surface area contributed by atoms with Gasteiger partial charge in [-0.15, -0.1) is 11.6 Å². The smallest absolute Gasteiger partial charge is 0.118 e. The second-order valence-corrected chi connectivity index (χ2v) is 14.6. The van der Waals surface area contributed by atoms with Crippen LogP contribution in [0.1, 0.15) is 33.4 Å². The van der Waals surface area contributed by atoms with Crippen molar-refractivity contribution in [2.75, 3.05) is 28.4 Å². The van der Waals surface area contributed by atoms with Crippen molar-refractivity contribution in [2.45, 2.75) is 34.6 Å². The molecule has 56 heavy (non-hydrogen) atoms. The van der Waals surface area contributed by atoms with Crippen LogP contribution >= 0.6 is 47.8 Å². The molecule has 0 amide bonds. The van der Waals surface area contributed by atoms with Crippen molar-refractivity contribution >= 4 is 47.8 Å². The molecule has 0 aliphatic heterocycles. The first-order chi connectivity index (χ1) is 27.3. The molecule has 0 unspecified atom stereocenters. The molecular weight excluding hydrogens is 780 g/mol. The molecule has 0 atom stereocenters. The third kappa shape index (κ3) is 18.4. The average Bonchev–Trinajstić information content (AvgIpc) is 3.26. The van der Waals surface area contributed by atoms with Crippen molar-refractivity contribution in [3.63, 3.8) is 0 Å². The number of phenolic OH excluding ortho intramolecular Hbond substituents is 2. The minimum Gasteiger partial charge on any atom is -0.508 e. The summed E-state index contributed by atoms with van der Waals surface area (Å²) >= 11 is 13.4. The minimum atomic E-state index is 0.303. The molecule has 0 fully saturated rings. The molecule has 6 rings (SSSR count). The normalized spacial score (nSPS) is 9.96. The maximum absolute atomic E-state index is 9.16. The molecule has 0 heterocycles. The highest BCUT2D eigenvalue weighted by atomic mass is 35.5. The van der Waals surface area contributed by atoms with Crippen LogP contribution in [0.25, 0.3) is 0 Å². The number of hydrogen-bond acceptors (Lipinski definition) is 9. The van der Waals surface area contributed by atoms with Crippen LogP contribution in [0, 0.1) is 0 Å². The fourth-order valence-corrected chi connectivity index (χ4v) is 6.95. The Balaban J connectivity index is 0.000000208. The molecule has 0 saturated carbocycles. The Morgan fingerprint density at radius 1 is 0.393 bits per heavy atom. The van der Waals surface area contributed by atoms with Gasteiger partial charge in [-0.3, -0.25) is 0 Å². The van der Waals surface area contributed by atoms with E-state index < -0.39 is 0 Å². The summed E-state index contributed by atoms with van der Waals surface area (Å²) in [6, 6.07) is 46.6. The SMILES string of the molecule is COc1ccc(CCl)cc1.COc1ccc(CS)cc1.COc1ccc(CSCc2ccc(OC)cc2)cc1.Oc1ccc(CSCc2ccc(O)cc2)cc1. The van der Waals surface area contributed by atoms with Gasteiger partial charge < -0.3 is 29.2 Å². The zero-order valence-corrected chi connectivity index (χ0v) is 35.6. The zero-order chi connectivity index (χ0) is 40.4. The maximum Gasteiger partial charge on any atom is 0.118 e. The van der Waals surface area contributed by atoms with E-state index in [4.69, 9.17) is 40.8 Å². The van der Waals surface area contributed by atoms with Crippen molar-refractivity contribution < 1.29 is 29.2 Å². The molecule has 0 radical (unpaired) electrons. The summed E-state index contributed by atoms with van der Waals surface area (Å²) in [6.45, 7) is 0. The quantitative estimate of drug-likeness (QED) is 0.0740. The van der Waals surface area contributed by atoms with Gasteiger partial charge >= 0.3 is 0 Å². The molecule has 0 spiro atoms. The maximum atomic E-state index is 9.16. The lowest BCUT2D eigenvalue weighted by molar-refractivity contribution is 0.414. The van der Waals surface area contributed by atoms with E-state index in [0.29, 0.717) is 17.4 Å². The van der Waals surface area contributed by atoms with Crippen LogP contribution in [0.4, 0.5) is 0 Å². The van der Waals surface area contributed by atoms with E-state index in [1.807, 2.05) is 121 Å². The van der Waals surface area contributed by atoms with E-state index >= 15 is 0 Å². The Morgan fingerprint density at radius 3 is 0.857 bits per heavy atom. The number of methoxy groups -OCH3 is 4. The number of aromatic hydroxyl groups is 2. The number of phenols is 2. The van der Waals surface area contributed by atoms with E-state index in [1.165, 1.54) is 27.8 Å². The van der Waals surface area contributed by atoms with Gasteiger partial charge in [0, 0.05) is 34.6 Å². The number of hydrogen-bond donors (Lipinski definition) is 3. The molecule has 6 aromatic rings. The molecule has 0 aliphatic carbocycles. The summed E-state index contributed by atoms with van der Waals surface area (Å²) in [4.78, 5) is 0. The summed E-state index contributed by atoms with van der Waals surface area (Å²) in [5.41, 5.74) is 7.36. The number of thiol groups is 1. The Bertz CT molecular complexity index is 1700. The Kier molecular flexibility index (Phi) is 22.2. The van der Waals surface area contributed by atoms with Crippen LogP contribution in [0.3, 0.4) is 0 Å². The van der Waals surface area contributed by atoms with E-state index in [-0.39, 0.29) is 0 Å². The lowest BCUT2D eigenvalue weighted by Gasteiger charge is -2.05. The summed E-state index contributed by atoms with van der Waals surface area (Å²) in [5.74, 6) is 9.38. The minimum absolute atomic E-state index is 0.303.